The summed E-state index contributed by atoms with van der Waals surface area (Å²) < 4.78 is -0.191. The fourth-order valence-electron chi connectivity index (χ4n) is 1.66. The summed E-state index contributed by atoms with van der Waals surface area (Å²) in [5.74, 6) is -2.61. The summed E-state index contributed by atoms with van der Waals surface area (Å²) in [7, 11) is 0. The number of aliphatic hydroxyl groups is 1. The first-order valence-corrected chi connectivity index (χ1v) is 8.76. The van der Waals surface area contributed by atoms with Gasteiger partial charge in [0, 0.05) is 13.7 Å². The number of nitrogens with two attached hydrogens (primary N) is 1. The van der Waals surface area contributed by atoms with Gasteiger partial charge in [0.1, 0.15) is 9.34 Å². The summed E-state index contributed by atoms with van der Waals surface area (Å²) in [6.07, 6.45) is 0.857. The predicted octanol–water partition coefficient (Wildman–Crippen LogP) is 1.30. The molecule has 0 aromatic carbocycles. The number of aliphatic carboxylic acids is 1. The minimum atomic E-state index is -1.27. The van der Waals surface area contributed by atoms with E-state index in [9.17, 15) is 19.8 Å². The molecule has 0 radical (unpaired) electrons. The van der Waals surface area contributed by atoms with Crippen LogP contribution in [0.4, 0.5) is 0 Å². The van der Waals surface area contributed by atoms with Crippen LogP contribution in [0.3, 0.4) is 0 Å². The molecule has 0 aromatic rings. The molecule has 0 fully saturated rings. The Labute approximate surface area is 157 Å². The van der Waals surface area contributed by atoms with Gasteiger partial charge in [0.15, 0.2) is 0 Å². The molecule has 20 heavy (non-hydrogen) atoms. The minimum Gasteiger partial charge on any atom is -0.481 e. The van der Waals surface area contributed by atoms with Crippen LogP contribution in [0.25, 0.3) is 0 Å². The monoisotopic (exact) mass is 618 g/mol. The van der Waals surface area contributed by atoms with E-state index in [1.165, 1.54) is 6.92 Å². The van der Waals surface area contributed by atoms with Crippen LogP contribution in [0.5, 0.6) is 0 Å². The minimum absolute atomic E-state index is 0.0656. The third kappa shape index (κ3) is 3.76. The Morgan fingerprint density at radius 3 is 2.55 bits per heavy atom. The Morgan fingerprint density at radius 1 is 1.55 bits per heavy atom. The van der Waals surface area contributed by atoms with Crippen LogP contribution in [0, 0.1) is 5.92 Å². The Hall–Kier alpha value is 0.370. The summed E-state index contributed by atoms with van der Waals surface area (Å²) in [4.78, 5) is 23.8. The number of halogens is 3. The summed E-state index contributed by atoms with van der Waals surface area (Å²) in [6, 6.07) is 0. The maximum absolute atomic E-state index is 12.3. The number of carboxylic acids is 1. The molecule has 9 heteroatoms. The second kappa shape index (κ2) is 7.09. The molecule has 3 atom stereocenters. The van der Waals surface area contributed by atoms with E-state index >= 15 is 0 Å². The highest BCUT2D eigenvalue weighted by Gasteiger charge is 2.50. The number of alkyl halides is 1. The van der Waals surface area contributed by atoms with E-state index in [0.717, 1.165) is 0 Å². The number of allylic oxidation sites excluding steroid dienone is 1. The molecule has 6 nitrogen and oxygen atoms in total. The van der Waals surface area contributed by atoms with Crippen molar-refractivity contribution in [3.63, 3.8) is 0 Å². The zero-order valence-corrected chi connectivity index (χ0v) is 16.8. The van der Waals surface area contributed by atoms with Gasteiger partial charge in [-0.3, -0.25) is 9.59 Å². The maximum Gasteiger partial charge on any atom is 0.313 e. The summed E-state index contributed by atoms with van der Waals surface area (Å²) in [5.41, 5.74) is 6.23. The van der Waals surface area contributed by atoms with Gasteiger partial charge in [0.25, 0.3) is 0 Å². The summed E-state index contributed by atoms with van der Waals surface area (Å²) >= 11 is 5.68. The van der Waals surface area contributed by atoms with Gasteiger partial charge in [-0.05, 0) is 58.2 Å². The van der Waals surface area contributed by atoms with Gasteiger partial charge in [0.2, 0.25) is 5.91 Å². The lowest BCUT2D eigenvalue weighted by molar-refractivity contribution is -0.142. The molecular weight excluding hydrogens is 605 g/mol. The van der Waals surface area contributed by atoms with E-state index in [1.807, 2.05) is 67.8 Å². The van der Waals surface area contributed by atoms with Crippen molar-refractivity contribution in [2.45, 2.75) is 16.4 Å². The van der Waals surface area contributed by atoms with Crippen molar-refractivity contribution >= 4 is 79.6 Å². The van der Waals surface area contributed by atoms with Crippen molar-refractivity contribution in [2.24, 2.45) is 11.7 Å². The topological polar surface area (TPSA) is 113 Å². The lowest BCUT2D eigenvalue weighted by Gasteiger charge is -2.33. The molecule has 0 aliphatic heterocycles. The second-order valence-corrected chi connectivity index (χ2v) is 8.46. The highest BCUT2D eigenvalue weighted by molar-refractivity contribution is 14.1. The average Bonchev–Trinajstić information content (AvgIpc) is 2.32. The highest BCUT2D eigenvalue weighted by Crippen LogP contribution is 2.46. The maximum atomic E-state index is 12.3. The highest BCUT2D eigenvalue weighted by atomic mass is 127. The third-order valence-electron chi connectivity index (χ3n) is 2.68. The van der Waals surface area contributed by atoms with Crippen molar-refractivity contribution in [1.29, 1.82) is 0 Å². The first-order valence-electron chi connectivity index (χ1n) is 5.53. The van der Waals surface area contributed by atoms with Crippen LogP contribution in [0.2, 0.25) is 0 Å². The number of carboxylic acid groups (broad SMARTS) is 1. The smallest absolute Gasteiger partial charge is 0.313 e. The molecule has 0 aromatic heterocycles. The van der Waals surface area contributed by atoms with Crippen LogP contribution >= 0.6 is 67.8 Å². The van der Waals surface area contributed by atoms with Crippen LogP contribution in [0.15, 0.2) is 18.9 Å². The molecule has 0 heterocycles. The van der Waals surface area contributed by atoms with Gasteiger partial charge in [-0.25, -0.2) is 0 Å². The van der Waals surface area contributed by atoms with Crippen LogP contribution < -0.4 is 11.1 Å². The van der Waals surface area contributed by atoms with Gasteiger partial charge >= 0.3 is 5.97 Å². The van der Waals surface area contributed by atoms with E-state index in [0.29, 0.717) is 12.9 Å². The fraction of sp³-hybridized carbons (Fsp3) is 0.455. The third-order valence-corrected chi connectivity index (χ3v) is 6.20. The van der Waals surface area contributed by atoms with Crippen LogP contribution in [-0.2, 0) is 9.59 Å². The zero-order chi connectivity index (χ0) is 15.7. The van der Waals surface area contributed by atoms with Gasteiger partial charge in [-0.15, -0.1) is 0 Å². The van der Waals surface area contributed by atoms with Crippen molar-refractivity contribution in [3.05, 3.63) is 18.9 Å². The molecule has 1 rings (SSSR count). The molecule has 5 N–H and O–H groups in total. The largest absolute Gasteiger partial charge is 0.481 e. The molecule has 1 aliphatic rings. The van der Waals surface area contributed by atoms with Crippen molar-refractivity contribution in [1.82, 2.24) is 5.32 Å². The van der Waals surface area contributed by atoms with Gasteiger partial charge in [0.05, 0.1) is 11.8 Å². The molecular formula is C11H13I3N2O4. The van der Waals surface area contributed by atoms with Crippen LogP contribution in [0.1, 0.15) is 6.92 Å². The zero-order valence-electron chi connectivity index (χ0n) is 10.4. The van der Waals surface area contributed by atoms with Crippen molar-refractivity contribution in [2.75, 3.05) is 6.54 Å². The normalized spacial score (nSPS) is 27.9. The van der Waals surface area contributed by atoms with E-state index < -0.39 is 27.3 Å². The predicted molar refractivity (Wildman–Crippen MR) is 99.9 cm³/mol. The number of aliphatic hydroxyl groups excluding tert-OH is 1. The number of nitrogens with one attached hydrogen (secondary N) is 1. The summed E-state index contributed by atoms with van der Waals surface area (Å²) in [5, 5.41) is 21.2. The molecule has 1 aliphatic carbocycles. The molecule has 0 bridgehead atoms. The number of hydrogen-bond donors (Lipinski definition) is 4. The van der Waals surface area contributed by atoms with Crippen molar-refractivity contribution in [3.8, 4) is 0 Å². The first kappa shape index (κ1) is 18.4. The fourth-order valence-corrected chi connectivity index (χ4v) is 6.28. The molecule has 1 amide bonds. The SMILES string of the molecule is CC(O)CNC(=O)C1(I)C=C(I)C(N)=C(I)C1C(=O)O. The molecule has 3 unspecified atom stereocenters. The lowest BCUT2D eigenvalue weighted by Crippen LogP contribution is -2.51. The first-order chi connectivity index (χ1) is 9.11. The van der Waals surface area contributed by atoms with E-state index in [-0.39, 0.29) is 6.54 Å². The van der Waals surface area contributed by atoms with Gasteiger partial charge in [-0.2, -0.15) is 0 Å². The van der Waals surface area contributed by atoms with Crippen molar-refractivity contribution < 1.29 is 19.8 Å². The van der Waals surface area contributed by atoms with Crippen LogP contribution in [-0.4, -0.2) is 38.2 Å². The standard InChI is InChI=1S/C11H13I3N2O4/c1-4(17)3-16-10(20)11(14)2-5(12)8(15)7(13)6(11)9(18)19/h2,4,6,17H,3,15H2,1H3,(H,16,20)(H,18,19). The van der Waals surface area contributed by atoms with Gasteiger partial charge < -0.3 is 21.3 Å². The second-order valence-electron chi connectivity index (χ2n) is 4.35. The Kier molecular flexibility index (Phi) is 6.53. The number of amides is 1. The van der Waals surface area contributed by atoms with E-state index in [2.05, 4.69) is 5.32 Å². The molecule has 0 spiro atoms. The number of hydrogen-bond acceptors (Lipinski definition) is 4. The quantitative estimate of drug-likeness (QED) is 0.281. The Balaban J connectivity index is 3.18. The Bertz CT molecular complexity index is 504. The number of rotatable bonds is 4. The molecule has 112 valence electrons. The average molecular weight is 618 g/mol. The Morgan fingerprint density at radius 2 is 2.10 bits per heavy atom. The lowest BCUT2D eigenvalue weighted by atomic mass is 9.86. The van der Waals surface area contributed by atoms with E-state index in [4.69, 9.17) is 5.73 Å². The number of carbonyl (C=O) groups is 2. The molecule has 0 saturated heterocycles. The number of carbonyl (C=O) groups excluding carboxylic acids is 1. The molecule has 0 saturated carbocycles. The van der Waals surface area contributed by atoms with Gasteiger partial charge in [-0.1, -0.05) is 22.6 Å². The van der Waals surface area contributed by atoms with E-state index in [1.54, 1.807) is 6.08 Å². The summed E-state index contributed by atoms with van der Waals surface area (Å²) in [6.45, 7) is 1.60.